The molecule has 30 heavy (non-hydrogen) atoms. The van der Waals surface area contributed by atoms with E-state index in [1.165, 1.54) is 44.5 Å². The van der Waals surface area contributed by atoms with Crippen LogP contribution in [0.1, 0.15) is 36.1 Å². The fourth-order valence-electron chi connectivity index (χ4n) is 4.55. The van der Waals surface area contributed by atoms with Crippen molar-refractivity contribution in [2.45, 2.75) is 39.5 Å². The minimum Gasteiger partial charge on any atom is -0.0622 e. The van der Waals surface area contributed by atoms with Crippen molar-refractivity contribution in [3.05, 3.63) is 119 Å². The highest BCUT2D eigenvalue weighted by Crippen LogP contribution is 2.35. The number of benzene rings is 4. The molecule has 4 rings (SSSR count). The van der Waals surface area contributed by atoms with E-state index in [4.69, 9.17) is 0 Å². The molecule has 0 N–H and O–H groups in total. The van der Waals surface area contributed by atoms with Crippen molar-refractivity contribution in [3.63, 3.8) is 0 Å². The Kier molecular flexibility index (Phi) is 5.59. The first-order valence-electron chi connectivity index (χ1n) is 10.8. The molecule has 0 saturated carbocycles. The number of rotatable bonds is 5. The molecule has 0 heteroatoms. The van der Waals surface area contributed by atoms with Crippen LogP contribution in [-0.4, -0.2) is 0 Å². The topological polar surface area (TPSA) is 0 Å². The molecule has 4 aromatic rings. The van der Waals surface area contributed by atoms with Gasteiger partial charge in [0.05, 0.1) is 0 Å². The van der Waals surface area contributed by atoms with Crippen molar-refractivity contribution in [1.29, 1.82) is 0 Å². The Morgan fingerprint density at radius 1 is 0.600 bits per heavy atom. The monoisotopic (exact) mass is 390 g/mol. The third-order valence-electron chi connectivity index (χ3n) is 6.02. The van der Waals surface area contributed by atoms with Gasteiger partial charge in [0.15, 0.2) is 0 Å². The molecule has 0 aliphatic heterocycles. The van der Waals surface area contributed by atoms with Gasteiger partial charge in [-0.15, -0.1) is 0 Å². The second kappa shape index (κ2) is 8.32. The zero-order valence-corrected chi connectivity index (χ0v) is 18.4. The standard InChI is InChI=1S/C30H30/c1-22-17-18-27(28(19-22)25-13-6-5-7-14-25)26-15-10-12-24(20-26)21-30(3,4)29-16-9-8-11-23(29)2/h5-20H,21H2,1-4H3. The summed E-state index contributed by atoms with van der Waals surface area (Å²) >= 11 is 0. The van der Waals surface area contributed by atoms with E-state index in [-0.39, 0.29) is 5.41 Å². The van der Waals surface area contributed by atoms with Crippen LogP contribution in [0.5, 0.6) is 0 Å². The molecule has 0 spiro atoms. The summed E-state index contributed by atoms with van der Waals surface area (Å²) in [5.74, 6) is 0. The molecule has 0 radical (unpaired) electrons. The van der Waals surface area contributed by atoms with Crippen LogP contribution in [0, 0.1) is 13.8 Å². The average molecular weight is 391 g/mol. The quantitative estimate of drug-likeness (QED) is 0.322. The van der Waals surface area contributed by atoms with Crippen LogP contribution >= 0.6 is 0 Å². The average Bonchev–Trinajstić information content (AvgIpc) is 2.74. The first kappa shape index (κ1) is 20.2. The predicted molar refractivity (Wildman–Crippen MR) is 130 cm³/mol. The molecule has 0 amide bonds. The van der Waals surface area contributed by atoms with Crippen LogP contribution in [-0.2, 0) is 11.8 Å². The largest absolute Gasteiger partial charge is 0.0622 e. The summed E-state index contributed by atoms with van der Waals surface area (Å²) in [5, 5.41) is 0. The molecule has 0 aliphatic carbocycles. The molecule has 0 saturated heterocycles. The Labute approximate surface area is 181 Å². The Hall–Kier alpha value is -3.12. The summed E-state index contributed by atoms with van der Waals surface area (Å²) in [7, 11) is 0. The van der Waals surface area contributed by atoms with Crippen LogP contribution < -0.4 is 0 Å². The minimum atomic E-state index is 0.0828. The maximum atomic E-state index is 2.37. The lowest BCUT2D eigenvalue weighted by molar-refractivity contribution is 0.519. The van der Waals surface area contributed by atoms with Crippen molar-refractivity contribution >= 4 is 0 Å². The van der Waals surface area contributed by atoms with Crippen molar-refractivity contribution in [1.82, 2.24) is 0 Å². The van der Waals surface area contributed by atoms with E-state index in [0.29, 0.717) is 0 Å². The molecule has 0 aliphatic rings. The van der Waals surface area contributed by atoms with E-state index in [1.807, 2.05) is 0 Å². The van der Waals surface area contributed by atoms with Crippen LogP contribution in [0.2, 0.25) is 0 Å². The summed E-state index contributed by atoms with van der Waals surface area (Å²) in [4.78, 5) is 0. The van der Waals surface area contributed by atoms with Crippen LogP contribution in [0.25, 0.3) is 22.3 Å². The first-order valence-corrected chi connectivity index (χ1v) is 10.8. The second-order valence-electron chi connectivity index (χ2n) is 8.99. The third-order valence-corrected chi connectivity index (χ3v) is 6.02. The smallest absolute Gasteiger partial charge is 0.00606 e. The van der Waals surface area contributed by atoms with Gasteiger partial charge in [-0.2, -0.15) is 0 Å². The van der Waals surface area contributed by atoms with E-state index < -0.39 is 0 Å². The predicted octanol–water partition coefficient (Wildman–Crippen LogP) is 8.16. The molecular formula is C30H30. The van der Waals surface area contributed by atoms with E-state index in [9.17, 15) is 0 Å². The SMILES string of the molecule is Cc1ccc(-c2cccc(CC(C)(C)c3ccccc3C)c2)c(-c2ccccc2)c1. The molecule has 0 aromatic heterocycles. The number of hydrogen-bond acceptors (Lipinski definition) is 0. The third kappa shape index (κ3) is 4.24. The summed E-state index contributed by atoms with van der Waals surface area (Å²) in [6.45, 7) is 9.08. The molecule has 0 bridgehead atoms. The Morgan fingerprint density at radius 3 is 2.07 bits per heavy atom. The molecule has 0 nitrogen and oxygen atoms in total. The zero-order valence-electron chi connectivity index (χ0n) is 18.4. The normalized spacial score (nSPS) is 11.5. The highest BCUT2D eigenvalue weighted by Gasteiger charge is 2.23. The lowest BCUT2D eigenvalue weighted by Gasteiger charge is -2.27. The van der Waals surface area contributed by atoms with Gasteiger partial charge in [0.2, 0.25) is 0 Å². The summed E-state index contributed by atoms with van der Waals surface area (Å²) in [6, 6.07) is 35.3. The van der Waals surface area contributed by atoms with E-state index in [1.54, 1.807) is 0 Å². The fraction of sp³-hybridized carbons (Fsp3) is 0.200. The first-order chi connectivity index (χ1) is 14.4. The van der Waals surface area contributed by atoms with Gasteiger partial charge in [0, 0.05) is 0 Å². The van der Waals surface area contributed by atoms with Gasteiger partial charge in [0.25, 0.3) is 0 Å². The van der Waals surface area contributed by atoms with Crippen molar-refractivity contribution in [3.8, 4) is 22.3 Å². The number of aryl methyl sites for hydroxylation is 2. The Balaban J connectivity index is 1.72. The lowest BCUT2D eigenvalue weighted by atomic mass is 9.77. The molecule has 0 atom stereocenters. The van der Waals surface area contributed by atoms with Gasteiger partial charge >= 0.3 is 0 Å². The van der Waals surface area contributed by atoms with Gasteiger partial charge in [-0.3, -0.25) is 0 Å². The van der Waals surface area contributed by atoms with Crippen molar-refractivity contribution in [2.75, 3.05) is 0 Å². The molecule has 150 valence electrons. The van der Waals surface area contributed by atoms with E-state index in [0.717, 1.165) is 6.42 Å². The van der Waals surface area contributed by atoms with Crippen LogP contribution in [0.3, 0.4) is 0 Å². The number of hydrogen-bond donors (Lipinski definition) is 0. The maximum absolute atomic E-state index is 2.37. The Bertz CT molecular complexity index is 1150. The van der Waals surface area contributed by atoms with Gasteiger partial charge in [-0.05, 0) is 64.6 Å². The molecular weight excluding hydrogens is 360 g/mol. The Morgan fingerprint density at radius 2 is 1.30 bits per heavy atom. The summed E-state index contributed by atoms with van der Waals surface area (Å²) < 4.78 is 0. The zero-order chi connectivity index (χ0) is 21.1. The fourth-order valence-corrected chi connectivity index (χ4v) is 4.55. The van der Waals surface area contributed by atoms with Crippen LogP contribution in [0.15, 0.2) is 97.1 Å². The van der Waals surface area contributed by atoms with E-state index >= 15 is 0 Å². The summed E-state index contributed by atoms with van der Waals surface area (Å²) in [5.41, 5.74) is 10.7. The van der Waals surface area contributed by atoms with Gasteiger partial charge in [-0.25, -0.2) is 0 Å². The molecule has 0 unspecified atom stereocenters. The highest BCUT2D eigenvalue weighted by atomic mass is 14.3. The minimum absolute atomic E-state index is 0.0828. The highest BCUT2D eigenvalue weighted by molar-refractivity contribution is 5.84. The molecule has 0 fully saturated rings. The van der Waals surface area contributed by atoms with Crippen molar-refractivity contribution in [2.24, 2.45) is 0 Å². The lowest BCUT2D eigenvalue weighted by Crippen LogP contribution is -2.21. The van der Waals surface area contributed by atoms with Crippen molar-refractivity contribution < 1.29 is 0 Å². The van der Waals surface area contributed by atoms with Gasteiger partial charge < -0.3 is 0 Å². The van der Waals surface area contributed by atoms with Gasteiger partial charge in [0.1, 0.15) is 0 Å². The maximum Gasteiger partial charge on any atom is -0.00606 e. The van der Waals surface area contributed by atoms with E-state index in [2.05, 4.69) is 125 Å². The molecule has 4 aromatic carbocycles. The molecule has 0 heterocycles. The summed E-state index contributed by atoms with van der Waals surface area (Å²) in [6.07, 6.45) is 1.01. The second-order valence-corrected chi connectivity index (χ2v) is 8.99. The van der Waals surface area contributed by atoms with Gasteiger partial charge in [-0.1, -0.05) is 116 Å². The van der Waals surface area contributed by atoms with Crippen LogP contribution in [0.4, 0.5) is 0 Å².